The smallest absolute Gasteiger partial charge is 0.177 e. The van der Waals surface area contributed by atoms with Crippen LogP contribution in [0, 0.1) is 0 Å². The number of nitrogen functional groups attached to an aromatic ring is 2. The summed E-state index contributed by atoms with van der Waals surface area (Å²) in [5.74, 6) is 0.877. The highest BCUT2D eigenvalue weighted by atomic mass is 15.3. The fourth-order valence-corrected chi connectivity index (χ4v) is 2.65. The van der Waals surface area contributed by atoms with Crippen molar-refractivity contribution in [3.8, 4) is 0 Å². The summed E-state index contributed by atoms with van der Waals surface area (Å²) >= 11 is 0. The molecule has 6 N–H and O–H groups in total. The van der Waals surface area contributed by atoms with Crippen molar-refractivity contribution < 1.29 is 0 Å². The molecule has 18 heavy (non-hydrogen) atoms. The number of fused-ring (bicyclic) bond motifs is 1. The van der Waals surface area contributed by atoms with Crippen LogP contribution >= 0.6 is 0 Å². The SMILES string of the molecule is Nc1cc(N)c2nc([C@H]3CC[C@H](N)CC3)cn2n1. The van der Waals surface area contributed by atoms with E-state index >= 15 is 0 Å². The average molecular weight is 246 g/mol. The molecule has 1 aliphatic rings. The minimum Gasteiger partial charge on any atom is -0.396 e. The van der Waals surface area contributed by atoms with E-state index in [-0.39, 0.29) is 0 Å². The second-order valence-corrected chi connectivity index (χ2v) is 5.07. The molecule has 3 rings (SSSR count). The molecular weight excluding hydrogens is 228 g/mol. The van der Waals surface area contributed by atoms with Gasteiger partial charge in [-0.05, 0) is 25.7 Å². The fraction of sp³-hybridized carbons (Fsp3) is 0.500. The minimum absolute atomic E-state index is 0.345. The molecule has 2 aromatic heterocycles. The highest BCUT2D eigenvalue weighted by Gasteiger charge is 2.22. The lowest BCUT2D eigenvalue weighted by Gasteiger charge is -2.24. The van der Waals surface area contributed by atoms with Gasteiger partial charge in [-0.1, -0.05) is 0 Å². The van der Waals surface area contributed by atoms with Gasteiger partial charge in [-0.3, -0.25) is 0 Å². The van der Waals surface area contributed by atoms with Crippen LogP contribution in [-0.2, 0) is 0 Å². The van der Waals surface area contributed by atoms with Crippen LogP contribution < -0.4 is 17.2 Å². The number of nitrogens with two attached hydrogens (primary N) is 3. The van der Waals surface area contributed by atoms with Gasteiger partial charge in [0.15, 0.2) is 5.65 Å². The van der Waals surface area contributed by atoms with E-state index in [0.717, 1.165) is 31.4 Å². The van der Waals surface area contributed by atoms with E-state index in [1.54, 1.807) is 10.6 Å². The third-order valence-electron chi connectivity index (χ3n) is 3.68. The molecule has 2 aromatic rings. The Morgan fingerprint density at radius 2 is 1.89 bits per heavy atom. The van der Waals surface area contributed by atoms with E-state index in [2.05, 4.69) is 10.1 Å². The third kappa shape index (κ3) is 1.88. The van der Waals surface area contributed by atoms with Crippen molar-refractivity contribution in [2.24, 2.45) is 5.73 Å². The topological polar surface area (TPSA) is 108 Å². The van der Waals surface area contributed by atoms with Gasteiger partial charge in [0.25, 0.3) is 0 Å². The molecule has 0 bridgehead atoms. The summed E-state index contributed by atoms with van der Waals surface area (Å²) in [4.78, 5) is 4.58. The first-order valence-corrected chi connectivity index (χ1v) is 6.30. The van der Waals surface area contributed by atoms with Crippen LogP contribution in [0.5, 0.6) is 0 Å². The molecule has 2 heterocycles. The Kier molecular flexibility index (Phi) is 2.59. The third-order valence-corrected chi connectivity index (χ3v) is 3.68. The Balaban J connectivity index is 1.96. The van der Waals surface area contributed by atoms with Crippen molar-refractivity contribution in [3.05, 3.63) is 18.0 Å². The maximum absolute atomic E-state index is 5.92. The maximum Gasteiger partial charge on any atom is 0.177 e. The van der Waals surface area contributed by atoms with Crippen LogP contribution in [0.15, 0.2) is 12.3 Å². The summed E-state index contributed by atoms with van der Waals surface area (Å²) in [5.41, 5.74) is 19.8. The maximum atomic E-state index is 5.92. The molecule has 0 aromatic carbocycles. The van der Waals surface area contributed by atoms with Gasteiger partial charge in [0, 0.05) is 18.0 Å². The second kappa shape index (κ2) is 4.13. The number of hydrogen-bond donors (Lipinski definition) is 3. The summed E-state index contributed by atoms with van der Waals surface area (Å²) in [7, 11) is 0. The molecule has 0 unspecified atom stereocenters. The molecule has 96 valence electrons. The van der Waals surface area contributed by atoms with Gasteiger partial charge in [0.2, 0.25) is 0 Å². The predicted octanol–water partition coefficient (Wildman–Crippen LogP) is 0.879. The Bertz CT molecular complexity index is 567. The number of hydrogen-bond acceptors (Lipinski definition) is 5. The standard InChI is InChI=1S/C12H18N6/c13-8-3-1-7(2-4-8)10-6-18-12(16-10)9(14)5-11(15)17-18/h5-8H,1-4,13-14H2,(H2,15,17)/t7-,8-. The van der Waals surface area contributed by atoms with Crippen LogP contribution in [0.25, 0.3) is 5.65 Å². The number of nitrogens with zero attached hydrogens (tertiary/aromatic N) is 3. The zero-order valence-electron chi connectivity index (χ0n) is 10.2. The molecule has 6 nitrogen and oxygen atoms in total. The summed E-state index contributed by atoms with van der Waals surface area (Å²) < 4.78 is 1.68. The van der Waals surface area contributed by atoms with E-state index in [4.69, 9.17) is 17.2 Å². The zero-order chi connectivity index (χ0) is 12.7. The first-order valence-electron chi connectivity index (χ1n) is 6.30. The minimum atomic E-state index is 0.345. The average Bonchev–Trinajstić information content (AvgIpc) is 2.74. The molecule has 1 fully saturated rings. The van der Waals surface area contributed by atoms with Crippen molar-refractivity contribution in [2.45, 2.75) is 37.6 Å². The van der Waals surface area contributed by atoms with Crippen molar-refractivity contribution in [3.63, 3.8) is 0 Å². The van der Waals surface area contributed by atoms with Crippen molar-refractivity contribution in [1.29, 1.82) is 0 Å². The van der Waals surface area contributed by atoms with Gasteiger partial charge in [-0.25, -0.2) is 9.50 Å². The van der Waals surface area contributed by atoms with Gasteiger partial charge in [0.1, 0.15) is 5.82 Å². The first kappa shape index (κ1) is 11.3. The molecule has 1 aliphatic carbocycles. The molecule has 0 radical (unpaired) electrons. The molecule has 1 saturated carbocycles. The molecule has 6 heteroatoms. The van der Waals surface area contributed by atoms with E-state index in [9.17, 15) is 0 Å². The summed E-state index contributed by atoms with van der Waals surface area (Å²) in [5, 5.41) is 4.19. The first-order chi connectivity index (χ1) is 8.63. The van der Waals surface area contributed by atoms with Crippen LogP contribution in [0.1, 0.15) is 37.3 Å². The molecule has 0 spiro atoms. The quantitative estimate of drug-likeness (QED) is 0.692. The molecule has 0 saturated heterocycles. The normalized spacial score (nSPS) is 24.5. The number of imidazole rings is 1. The van der Waals surface area contributed by atoms with E-state index in [1.165, 1.54) is 0 Å². The lowest BCUT2D eigenvalue weighted by Crippen LogP contribution is -2.25. The van der Waals surface area contributed by atoms with Gasteiger partial charge >= 0.3 is 0 Å². The van der Waals surface area contributed by atoms with E-state index < -0.39 is 0 Å². The number of aromatic nitrogens is 3. The van der Waals surface area contributed by atoms with Crippen molar-refractivity contribution in [1.82, 2.24) is 14.6 Å². The Morgan fingerprint density at radius 1 is 1.17 bits per heavy atom. The highest BCUT2D eigenvalue weighted by molar-refractivity contribution is 5.67. The largest absolute Gasteiger partial charge is 0.396 e. The monoisotopic (exact) mass is 246 g/mol. The molecular formula is C12H18N6. The Hall–Kier alpha value is -1.82. The van der Waals surface area contributed by atoms with E-state index in [0.29, 0.717) is 29.1 Å². The Labute approximate surface area is 105 Å². The van der Waals surface area contributed by atoms with Gasteiger partial charge < -0.3 is 17.2 Å². The van der Waals surface area contributed by atoms with Crippen LogP contribution in [-0.4, -0.2) is 20.6 Å². The molecule has 0 aliphatic heterocycles. The summed E-state index contributed by atoms with van der Waals surface area (Å²) in [6.07, 6.45) is 6.22. The summed E-state index contributed by atoms with van der Waals surface area (Å²) in [6.45, 7) is 0. The van der Waals surface area contributed by atoms with Crippen LogP contribution in [0.3, 0.4) is 0 Å². The highest BCUT2D eigenvalue weighted by Crippen LogP contribution is 2.32. The predicted molar refractivity (Wildman–Crippen MR) is 71.0 cm³/mol. The van der Waals surface area contributed by atoms with Gasteiger partial charge in [0.05, 0.1) is 17.6 Å². The van der Waals surface area contributed by atoms with Gasteiger partial charge in [-0.2, -0.15) is 0 Å². The van der Waals surface area contributed by atoms with Gasteiger partial charge in [-0.15, -0.1) is 5.10 Å². The van der Waals surface area contributed by atoms with E-state index in [1.807, 2.05) is 6.20 Å². The van der Waals surface area contributed by atoms with Crippen LogP contribution in [0.2, 0.25) is 0 Å². The number of anilines is 2. The summed E-state index contributed by atoms with van der Waals surface area (Å²) in [6, 6.07) is 1.99. The lowest BCUT2D eigenvalue weighted by molar-refractivity contribution is 0.391. The lowest BCUT2D eigenvalue weighted by atomic mass is 9.85. The fourth-order valence-electron chi connectivity index (χ4n) is 2.65. The Morgan fingerprint density at radius 3 is 2.61 bits per heavy atom. The second-order valence-electron chi connectivity index (χ2n) is 5.07. The number of rotatable bonds is 1. The zero-order valence-corrected chi connectivity index (χ0v) is 10.2. The molecule has 0 atom stereocenters. The van der Waals surface area contributed by atoms with Crippen molar-refractivity contribution >= 4 is 17.2 Å². The van der Waals surface area contributed by atoms with Crippen LogP contribution in [0.4, 0.5) is 11.5 Å². The van der Waals surface area contributed by atoms with Crippen molar-refractivity contribution in [2.75, 3.05) is 11.5 Å². The molecule has 0 amide bonds.